The lowest BCUT2D eigenvalue weighted by Crippen LogP contribution is -2.34. The van der Waals surface area contributed by atoms with E-state index in [9.17, 15) is 9.59 Å². The van der Waals surface area contributed by atoms with Gasteiger partial charge in [0, 0.05) is 36.0 Å². The van der Waals surface area contributed by atoms with Crippen LogP contribution in [0, 0.1) is 0 Å². The Hall–Kier alpha value is -4.93. The summed E-state index contributed by atoms with van der Waals surface area (Å²) < 4.78 is 0. The van der Waals surface area contributed by atoms with Gasteiger partial charge in [-0.2, -0.15) is 0 Å². The number of carbonyl (C=O) groups is 2. The predicted molar refractivity (Wildman–Crippen MR) is 215 cm³/mol. The van der Waals surface area contributed by atoms with E-state index < -0.39 is 16.1 Å². The van der Waals surface area contributed by atoms with Crippen LogP contribution in [0.1, 0.15) is 35.1 Å². The molecule has 4 aromatic carbocycles. The van der Waals surface area contributed by atoms with Crippen molar-refractivity contribution in [3.05, 3.63) is 145 Å². The summed E-state index contributed by atoms with van der Waals surface area (Å²) >= 11 is 0. The van der Waals surface area contributed by atoms with Crippen LogP contribution in [0.3, 0.4) is 0 Å². The summed E-state index contributed by atoms with van der Waals surface area (Å²) in [6.45, 7) is 13.9. The van der Waals surface area contributed by atoms with Crippen LogP contribution < -0.4 is 10.6 Å². The molecule has 0 aliphatic rings. The molecule has 0 aliphatic carbocycles. The van der Waals surface area contributed by atoms with Crippen molar-refractivity contribution >= 4 is 61.1 Å². The lowest BCUT2D eigenvalue weighted by molar-refractivity contribution is -0.117. The molecule has 50 heavy (non-hydrogen) atoms. The van der Waals surface area contributed by atoms with Crippen LogP contribution in [-0.4, -0.2) is 37.9 Å². The Kier molecular flexibility index (Phi) is 11.8. The number of hydrogen-bond acceptors (Lipinski definition) is 4. The van der Waals surface area contributed by atoms with Crippen molar-refractivity contribution in [1.82, 2.24) is 9.97 Å². The molecule has 0 saturated carbocycles. The first kappa shape index (κ1) is 36.4. The van der Waals surface area contributed by atoms with Gasteiger partial charge in [-0.25, -0.2) is 0 Å². The summed E-state index contributed by atoms with van der Waals surface area (Å²) in [4.78, 5) is 34.4. The van der Waals surface area contributed by atoms with Gasteiger partial charge in [0.05, 0.1) is 38.6 Å². The van der Waals surface area contributed by atoms with Crippen LogP contribution in [0.5, 0.6) is 0 Å². The van der Waals surface area contributed by atoms with Crippen LogP contribution in [0.25, 0.3) is 21.8 Å². The van der Waals surface area contributed by atoms with Gasteiger partial charge in [0.1, 0.15) is 0 Å². The highest BCUT2D eigenvalue weighted by Crippen LogP contribution is 2.32. The fourth-order valence-electron chi connectivity index (χ4n) is 6.40. The van der Waals surface area contributed by atoms with Crippen molar-refractivity contribution in [1.29, 1.82) is 0 Å². The minimum atomic E-state index is -1.54. The van der Waals surface area contributed by atoms with E-state index in [1.807, 2.05) is 72.8 Å². The zero-order valence-corrected chi connectivity index (χ0v) is 32.0. The van der Waals surface area contributed by atoms with E-state index in [0.717, 1.165) is 33.2 Å². The van der Waals surface area contributed by atoms with Crippen molar-refractivity contribution in [3.63, 3.8) is 0 Å². The lowest BCUT2D eigenvalue weighted by atomic mass is 10.1. The van der Waals surface area contributed by atoms with Gasteiger partial charge in [0.25, 0.3) is 0 Å². The molecule has 2 N–H and O–H groups in total. The molecule has 0 saturated heterocycles. The number of hydrogen-bond donors (Lipinski definition) is 2. The number of rotatable bonds is 10. The molecule has 0 fully saturated rings. The Morgan fingerprint density at radius 2 is 0.860 bits per heavy atom. The van der Waals surface area contributed by atoms with Gasteiger partial charge in [-0.1, -0.05) is 136 Å². The maximum atomic E-state index is 12.8. The largest absolute Gasteiger partial charge is 0.324 e. The van der Waals surface area contributed by atoms with Gasteiger partial charge in [-0.3, -0.25) is 19.6 Å². The Bertz CT molecular complexity index is 1880. The molecule has 256 valence electrons. The van der Waals surface area contributed by atoms with Crippen LogP contribution in [0.4, 0.5) is 11.4 Å². The third kappa shape index (κ3) is 9.61. The third-order valence-corrected chi connectivity index (χ3v) is 14.3. The van der Waals surface area contributed by atoms with Crippen LogP contribution in [0.15, 0.2) is 134 Å². The third-order valence-electron chi connectivity index (χ3n) is 9.09. The average Bonchev–Trinajstić information content (AvgIpc) is 3.10. The van der Waals surface area contributed by atoms with E-state index in [2.05, 4.69) is 108 Å². The van der Waals surface area contributed by atoms with Crippen molar-refractivity contribution < 1.29 is 9.59 Å². The van der Waals surface area contributed by atoms with E-state index in [0.29, 0.717) is 12.8 Å². The Morgan fingerprint density at radius 1 is 0.500 bits per heavy atom. The molecule has 0 spiro atoms. The monoisotopic (exact) mass is 696 g/mol. The minimum absolute atomic E-state index is 0.0504. The van der Waals surface area contributed by atoms with Gasteiger partial charge >= 0.3 is 0 Å². The molecule has 2 aromatic heterocycles. The zero-order valence-electron chi connectivity index (χ0n) is 30.0. The molecule has 2 heterocycles. The molecular formula is C42H48N4O2Si2. The minimum Gasteiger partial charge on any atom is -0.324 e. The fraction of sp³-hybridized carbons (Fsp3) is 0.238. The van der Waals surface area contributed by atoms with E-state index >= 15 is 0 Å². The Morgan fingerprint density at radius 3 is 1.22 bits per heavy atom. The number of carbonyl (C=O) groups excluding carboxylic acids is 2. The molecule has 0 unspecified atom stereocenters. The van der Waals surface area contributed by atoms with Crippen molar-refractivity contribution in [2.75, 3.05) is 10.6 Å². The molecule has 2 amide bonds. The molecular weight excluding hydrogens is 649 g/mol. The number of nitrogens with zero attached hydrogens (tertiary/aromatic N) is 2. The molecule has 8 heteroatoms. The van der Waals surface area contributed by atoms with Gasteiger partial charge < -0.3 is 10.6 Å². The highest BCUT2D eigenvalue weighted by molar-refractivity contribution is 6.78. The first-order valence-electron chi connectivity index (χ1n) is 17.3. The quantitative estimate of drug-likeness (QED) is 0.140. The van der Waals surface area contributed by atoms with E-state index in [4.69, 9.17) is 0 Å². The maximum absolute atomic E-state index is 12.8. The highest BCUT2D eigenvalue weighted by atomic mass is 28.3. The second kappa shape index (κ2) is 16.2. The zero-order chi connectivity index (χ0) is 35.7. The second-order valence-corrected chi connectivity index (χ2v) is 25.8. The van der Waals surface area contributed by atoms with Crippen molar-refractivity contribution in [2.24, 2.45) is 0 Å². The standard InChI is InChI=1S/2C21H24N2OSi/c2*1-25(2,3)19(16-9-5-4-6-10-16)15-20(24)23-18-13-7-11-17-12-8-14-22-21(17)18/h2*4-14,19H,15H2,1-3H3,(H,23,24)/t2*19-/m10/s1. The summed E-state index contributed by atoms with van der Waals surface area (Å²) in [5.41, 5.74) is 6.33. The topological polar surface area (TPSA) is 84.0 Å². The van der Waals surface area contributed by atoms with Gasteiger partial charge in [0.2, 0.25) is 11.8 Å². The Balaban J connectivity index is 0.000000194. The summed E-state index contributed by atoms with van der Waals surface area (Å²) in [6.07, 6.45) is 4.52. The molecule has 0 bridgehead atoms. The number of anilines is 2. The van der Waals surface area contributed by atoms with Crippen molar-refractivity contribution in [2.45, 2.75) is 63.2 Å². The maximum Gasteiger partial charge on any atom is 0.224 e. The number of fused-ring (bicyclic) bond motifs is 2. The molecule has 0 aliphatic heterocycles. The highest BCUT2D eigenvalue weighted by Gasteiger charge is 2.31. The van der Waals surface area contributed by atoms with Gasteiger partial charge in [0.15, 0.2) is 0 Å². The number of para-hydroxylation sites is 2. The number of aromatic nitrogens is 2. The average molecular weight is 697 g/mol. The van der Waals surface area contributed by atoms with Gasteiger partial charge in [-0.05, 0) is 46.5 Å². The summed E-state index contributed by atoms with van der Waals surface area (Å²) in [5, 5.41) is 8.22. The summed E-state index contributed by atoms with van der Waals surface area (Å²) in [6, 6.07) is 40.4. The van der Waals surface area contributed by atoms with Crippen molar-refractivity contribution in [3.8, 4) is 0 Å². The SMILES string of the molecule is C[Si](C)(C)[C@@H](CC(=O)Nc1cccc2cccnc12)c1ccccc1.C[Si](C)(C)[C@H](CC(=O)Nc1cccc2cccnc12)c1ccccc1. The first-order valence-corrected chi connectivity index (χ1v) is 24.4. The molecule has 6 aromatic rings. The Labute approximate surface area is 298 Å². The second-order valence-electron chi connectivity index (χ2n) is 14.9. The van der Waals surface area contributed by atoms with Gasteiger partial charge in [-0.15, -0.1) is 0 Å². The normalized spacial score (nSPS) is 12.8. The lowest BCUT2D eigenvalue weighted by Gasteiger charge is -2.29. The number of pyridine rings is 2. The molecule has 2 atom stereocenters. The van der Waals surface area contributed by atoms with Crippen LogP contribution >= 0.6 is 0 Å². The van der Waals surface area contributed by atoms with Crippen LogP contribution in [-0.2, 0) is 9.59 Å². The van der Waals surface area contributed by atoms with E-state index in [1.165, 1.54) is 11.1 Å². The predicted octanol–water partition coefficient (Wildman–Crippen LogP) is 10.4. The molecule has 6 rings (SSSR count). The van der Waals surface area contributed by atoms with E-state index in [-0.39, 0.29) is 22.9 Å². The summed E-state index contributed by atoms with van der Waals surface area (Å²) in [7, 11) is -3.08. The summed E-state index contributed by atoms with van der Waals surface area (Å²) in [5.74, 6) is 0.101. The molecule has 0 radical (unpaired) electrons. The number of benzene rings is 4. The van der Waals surface area contributed by atoms with E-state index in [1.54, 1.807) is 12.4 Å². The smallest absolute Gasteiger partial charge is 0.224 e. The fourth-order valence-corrected chi connectivity index (χ4v) is 10.4. The molecule has 6 nitrogen and oxygen atoms in total. The first-order chi connectivity index (χ1) is 23.9. The van der Waals surface area contributed by atoms with Crippen LogP contribution in [0.2, 0.25) is 39.3 Å². The number of amides is 2. The number of nitrogens with one attached hydrogen (secondary N) is 2.